The molecule has 1 aliphatic rings. The lowest BCUT2D eigenvalue weighted by Gasteiger charge is -2.20. The quantitative estimate of drug-likeness (QED) is 0.724. The minimum absolute atomic E-state index is 0.181. The van der Waals surface area contributed by atoms with Crippen molar-refractivity contribution in [3.63, 3.8) is 0 Å². The third-order valence-corrected chi connectivity index (χ3v) is 4.67. The van der Waals surface area contributed by atoms with Crippen LogP contribution >= 0.6 is 0 Å². The number of amides is 1. The molecule has 1 aliphatic carbocycles. The first-order valence-corrected chi connectivity index (χ1v) is 9.40. The van der Waals surface area contributed by atoms with Crippen LogP contribution in [0.5, 0.6) is 0 Å². The first kappa shape index (κ1) is 18.4. The Kier molecular flexibility index (Phi) is 4.53. The number of benzene rings is 1. The second kappa shape index (κ2) is 6.89. The molecule has 146 valence electrons. The number of rotatable bonds is 4. The van der Waals surface area contributed by atoms with Gasteiger partial charge in [-0.1, -0.05) is 6.07 Å². The number of ether oxygens (including phenoxy) is 1. The van der Waals surface area contributed by atoms with Crippen LogP contribution in [0.4, 0.5) is 9.18 Å². The van der Waals surface area contributed by atoms with Gasteiger partial charge in [0.1, 0.15) is 23.4 Å². The van der Waals surface area contributed by atoms with Gasteiger partial charge in [-0.15, -0.1) is 0 Å². The lowest BCUT2D eigenvalue weighted by atomic mass is 9.97. The maximum absolute atomic E-state index is 15.5. The zero-order valence-corrected chi connectivity index (χ0v) is 16.2. The zero-order chi connectivity index (χ0) is 19.9. The Labute approximate surface area is 162 Å². The van der Waals surface area contributed by atoms with Crippen molar-refractivity contribution in [1.82, 2.24) is 19.9 Å². The molecule has 0 unspecified atom stereocenters. The fourth-order valence-corrected chi connectivity index (χ4v) is 3.34. The van der Waals surface area contributed by atoms with E-state index < -0.39 is 11.7 Å². The molecule has 6 nitrogen and oxygen atoms in total. The smallest absolute Gasteiger partial charge is 0.407 e. The third kappa shape index (κ3) is 3.69. The van der Waals surface area contributed by atoms with Crippen LogP contribution < -0.4 is 5.32 Å². The Morgan fingerprint density at radius 3 is 2.82 bits per heavy atom. The number of carbonyl (C=O) groups is 1. The van der Waals surface area contributed by atoms with Crippen molar-refractivity contribution in [3.8, 4) is 11.3 Å². The van der Waals surface area contributed by atoms with E-state index in [-0.39, 0.29) is 18.3 Å². The van der Waals surface area contributed by atoms with Gasteiger partial charge in [-0.3, -0.25) is 0 Å². The number of alkyl carbamates (subject to hydrolysis) is 1. The molecule has 0 atom stereocenters. The highest BCUT2D eigenvalue weighted by molar-refractivity contribution is 5.77. The first-order valence-electron chi connectivity index (χ1n) is 9.40. The highest BCUT2D eigenvalue weighted by Crippen LogP contribution is 2.45. The van der Waals surface area contributed by atoms with Gasteiger partial charge in [-0.05, 0) is 68.9 Å². The SMILES string of the molecule is CC(C)(C)OC(=O)NCc1ccc(-c2ncnn3cccc23)c(F)c1C1CC1. The van der Waals surface area contributed by atoms with Crippen LogP contribution in [0.1, 0.15) is 50.7 Å². The van der Waals surface area contributed by atoms with Gasteiger partial charge < -0.3 is 10.1 Å². The Hall–Kier alpha value is -2.96. The van der Waals surface area contributed by atoms with Crippen LogP contribution in [0.25, 0.3) is 16.8 Å². The summed E-state index contributed by atoms with van der Waals surface area (Å²) in [6.07, 6.45) is 4.62. The molecule has 1 saturated carbocycles. The largest absolute Gasteiger partial charge is 0.444 e. The van der Waals surface area contributed by atoms with Gasteiger partial charge in [0.2, 0.25) is 0 Å². The summed E-state index contributed by atoms with van der Waals surface area (Å²) in [7, 11) is 0. The minimum atomic E-state index is -0.575. The maximum Gasteiger partial charge on any atom is 0.407 e. The van der Waals surface area contributed by atoms with Gasteiger partial charge in [-0.25, -0.2) is 18.7 Å². The predicted molar refractivity (Wildman–Crippen MR) is 103 cm³/mol. The van der Waals surface area contributed by atoms with Crippen LogP contribution in [-0.2, 0) is 11.3 Å². The molecule has 4 rings (SSSR count). The Morgan fingerprint density at radius 1 is 1.32 bits per heavy atom. The summed E-state index contributed by atoms with van der Waals surface area (Å²) >= 11 is 0. The van der Waals surface area contributed by atoms with Crippen LogP contribution in [0.15, 0.2) is 36.8 Å². The number of hydrogen-bond donors (Lipinski definition) is 1. The van der Waals surface area contributed by atoms with E-state index >= 15 is 4.39 Å². The van der Waals surface area contributed by atoms with Crippen molar-refractivity contribution >= 4 is 11.6 Å². The van der Waals surface area contributed by atoms with E-state index in [1.54, 1.807) is 37.5 Å². The normalized spacial score (nSPS) is 14.3. The van der Waals surface area contributed by atoms with Gasteiger partial charge in [0.25, 0.3) is 0 Å². The van der Waals surface area contributed by atoms with E-state index in [1.165, 1.54) is 6.33 Å². The van der Waals surface area contributed by atoms with Crippen molar-refractivity contribution in [2.75, 3.05) is 0 Å². The summed E-state index contributed by atoms with van der Waals surface area (Å²) in [6.45, 7) is 5.64. The molecule has 0 radical (unpaired) electrons. The van der Waals surface area contributed by atoms with E-state index in [0.717, 1.165) is 23.9 Å². The molecule has 1 N–H and O–H groups in total. The van der Waals surface area contributed by atoms with Crippen LogP contribution in [0.2, 0.25) is 0 Å². The molecule has 0 aliphatic heterocycles. The van der Waals surface area contributed by atoms with Crippen LogP contribution in [0, 0.1) is 5.82 Å². The lowest BCUT2D eigenvalue weighted by molar-refractivity contribution is 0.0523. The molecule has 1 amide bonds. The molecule has 1 fully saturated rings. The van der Waals surface area contributed by atoms with E-state index in [0.29, 0.717) is 16.8 Å². The summed E-state index contributed by atoms with van der Waals surface area (Å²) < 4.78 is 22.5. The van der Waals surface area contributed by atoms with Gasteiger partial charge in [0.05, 0.1) is 5.52 Å². The summed E-state index contributed by atoms with van der Waals surface area (Å²) in [5, 5.41) is 6.88. The Balaban J connectivity index is 1.66. The van der Waals surface area contributed by atoms with E-state index in [1.807, 2.05) is 18.2 Å². The molecular weight excluding hydrogens is 359 g/mol. The molecule has 0 bridgehead atoms. The molecular formula is C21H23FN4O2. The number of halogens is 1. The molecule has 3 aromatic rings. The lowest BCUT2D eigenvalue weighted by Crippen LogP contribution is -2.32. The highest BCUT2D eigenvalue weighted by atomic mass is 19.1. The molecule has 28 heavy (non-hydrogen) atoms. The summed E-state index contributed by atoms with van der Waals surface area (Å²) in [6, 6.07) is 7.31. The second-order valence-electron chi connectivity index (χ2n) is 8.08. The van der Waals surface area contributed by atoms with Crippen molar-refractivity contribution in [3.05, 3.63) is 53.7 Å². The van der Waals surface area contributed by atoms with Gasteiger partial charge in [0.15, 0.2) is 0 Å². The molecule has 2 aromatic heterocycles. The maximum atomic E-state index is 15.5. The van der Waals surface area contributed by atoms with Crippen LogP contribution in [-0.4, -0.2) is 26.3 Å². The van der Waals surface area contributed by atoms with E-state index in [2.05, 4.69) is 15.4 Å². The van der Waals surface area contributed by atoms with Crippen molar-refractivity contribution in [2.45, 2.75) is 51.7 Å². The summed E-state index contributed by atoms with van der Waals surface area (Å²) in [5.74, 6) is -0.0900. The van der Waals surface area contributed by atoms with Gasteiger partial charge in [-0.2, -0.15) is 5.10 Å². The molecule has 2 heterocycles. The fourth-order valence-electron chi connectivity index (χ4n) is 3.34. The van der Waals surface area contributed by atoms with Crippen molar-refractivity contribution in [2.24, 2.45) is 0 Å². The predicted octanol–water partition coefficient (Wildman–Crippen LogP) is 4.44. The Bertz CT molecular complexity index is 1030. The topological polar surface area (TPSA) is 68.5 Å². The number of hydrogen-bond acceptors (Lipinski definition) is 4. The van der Waals surface area contributed by atoms with Crippen molar-refractivity contribution in [1.29, 1.82) is 0 Å². The van der Waals surface area contributed by atoms with E-state index in [4.69, 9.17) is 4.74 Å². The number of carbonyl (C=O) groups excluding carboxylic acids is 1. The fraction of sp³-hybridized carbons (Fsp3) is 0.381. The molecule has 0 saturated heterocycles. The average molecular weight is 382 g/mol. The third-order valence-electron chi connectivity index (χ3n) is 4.67. The number of fused-ring (bicyclic) bond motifs is 1. The average Bonchev–Trinajstić information content (AvgIpc) is 3.33. The standard InChI is InChI=1S/C21H23FN4O2/c1-21(2,3)28-20(27)23-11-14-8-9-15(18(22)17(14)13-6-7-13)19-16-5-4-10-26(16)25-12-24-19/h4-5,8-10,12-13H,6-7,11H2,1-3H3,(H,23,27). The summed E-state index contributed by atoms with van der Waals surface area (Å²) in [5.41, 5.74) is 2.63. The monoisotopic (exact) mass is 382 g/mol. The Morgan fingerprint density at radius 2 is 2.11 bits per heavy atom. The first-order chi connectivity index (χ1) is 13.3. The van der Waals surface area contributed by atoms with Crippen molar-refractivity contribution < 1.29 is 13.9 Å². The summed E-state index contributed by atoms with van der Waals surface area (Å²) in [4.78, 5) is 16.3. The minimum Gasteiger partial charge on any atom is -0.444 e. The van der Waals surface area contributed by atoms with Gasteiger partial charge in [0, 0.05) is 18.3 Å². The second-order valence-corrected chi connectivity index (χ2v) is 8.08. The van der Waals surface area contributed by atoms with Crippen LogP contribution in [0.3, 0.4) is 0 Å². The van der Waals surface area contributed by atoms with E-state index in [9.17, 15) is 4.79 Å². The number of nitrogens with one attached hydrogen (secondary N) is 1. The number of aromatic nitrogens is 3. The number of nitrogens with zero attached hydrogens (tertiary/aromatic N) is 3. The highest BCUT2D eigenvalue weighted by Gasteiger charge is 2.31. The molecule has 1 aromatic carbocycles. The molecule has 0 spiro atoms. The zero-order valence-electron chi connectivity index (χ0n) is 16.2. The van der Waals surface area contributed by atoms with Gasteiger partial charge >= 0.3 is 6.09 Å². The molecule has 7 heteroatoms.